The quantitative estimate of drug-likeness (QED) is 0.881. The van der Waals surface area contributed by atoms with Crippen molar-refractivity contribution in [2.45, 2.75) is 31.7 Å². The summed E-state index contributed by atoms with van der Waals surface area (Å²) in [7, 11) is 1.52. The van der Waals surface area contributed by atoms with Crippen molar-refractivity contribution in [3.63, 3.8) is 0 Å². The van der Waals surface area contributed by atoms with Crippen molar-refractivity contribution >= 4 is 11.6 Å². The molecule has 1 aliphatic rings. The largest absolute Gasteiger partial charge is 0.495 e. The number of hydrogen-bond donors (Lipinski definition) is 2. The van der Waals surface area contributed by atoms with Crippen LogP contribution in [-0.4, -0.2) is 19.1 Å². The number of nitriles is 1. The van der Waals surface area contributed by atoms with Gasteiger partial charge in [-0.25, -0.2) is 0 Å². The predicted molar refractivity (Wildman–Crippen MR) is 76.3 cm³/mol. The Labute approximate surface area is 118 Å². The third kappa shape index (κ3) is 3.09. The highest BCUT2D eigenvalue weighted by Gasteiger charge is 2.26. The fourth-order valence-electron chi connectivity index (χ4n) is 2.61. The van der Waals surface area contributed by atoms with Crippen LogP contribution in [0.2, 0.25) is 0 Å². The number of amides is 1. The van der Waals surface area contributed by atoms with Gasteiger partial charge in [-0.2, -0.15) is 5.26 Å². The van der Waals surface area contributed by atoms with Crippen molar-refractivity contribution in [1.29, 1.82) is 5.26 Å². The third-order valence-corrected chi connectivity index (χ3v) is 3.70. The summed E-state index contributed by atoms with van der Waals surface area (Å²) >= 11 is 0. The Kier molecular flexibility index (Phi) is 4.59. The van der Waals surface area contributed by atoms with Crippen LogP contribution in [0.4, 0.5) is 5.69 Å². The fraction of sp³-hybridized carbons (Fsp3) is 0.467. The molecule has 1 aromatic rings. The van der Waals surface area contributed by atoms with Gasteiger partial charge < -0.3 is 15.8 Å². The Morgan fingerprint density at radius 3 is 2.95 bits per heavy atom. The van der Waals surface area contributed by atoms with Crippen molar-refractivity contribution < 1.29 is 9.53 Å². The minimum absolute atomic E-state index is 0.0823. The van der Waals surface area contributed by atoms with Crippen molar-refractivity contribution in [3.8, 4) is 11.8 Å². The van der Waals surface area contributed by atoms with Gasteiger partial charge in [0.15, 0.2) is 0 Å². The summed E-state index contributed by atoms with van der Waals surface area (Å²) in [5.41, 5.74) is 6.76. The first-order valence-electron chi connectivity index (χ1n) is 6.79. The lowest BCUT2D eigenvalue weighted by molar-refractivity contribution is -0.120. The first-order valence-corrected chi connectivity index (χ1v) is 6.79. The van der Waals surface area contributed by atoms with E-state index in [1.165, 1.54) is 7.11 Å². The molecular weight excluding hydrogens is 254 g/mol. The Morgan fingerprint density at radius 2 is 2.30 bits per heavy atom. The number of carbonyl (C=O) groups excluding carboxylic acids is 1. The summed E-state index contributed by atoms with van der Waals surface area (Å²) < 4.78 is 5.21. The molecule has 2 rings (SSSR count). The number of nitrogens with one attached hydrogen (secondary N) is 1. The van der Waals surface area contributed by atoms with Gasteiger partial charge in [0, 0.05) is 12.0 Å². The molecule has 0 aromatic heterocycles. The number of ether oxygens (including phenoxy) is 1. The lowest BCUT2D eigenvalue weighted by Crippen LogP contribution is -2.34. The van der Waals surface area contributed by atoms with E-state index in [2.05, 4.69) is 11.4 Å². The summed E-state index contributed by atoms with van der Waals surface area (Å²) in [5, 5.41) is 12.0. The molecule has 2 unspecified atom stereocenters. The first-order chi connectivity index (χ1) is 9.65. The molecule has 0 aliphatic heterocycles. The molecule has 20 heavy (non-hydrogen) atoms. The molecule has 5 nitrogen and oxygen atoms in total. The van der Waals surface area contributed by atoms with E-state index in [-0.39, 0.29) is 17.9 Å². The maximum absolute atomic E-state index is 12.3. The highest BCUT2D eigenvalue weighted by atomic mass is 16.5. The Morgan fingerprint density at radius 1 is 1.50 bits per heavy atom. The molecule has 1 aliphatic carbocycles. The van der Waals surface area contributed by atoms with Crippen molar-refractivity contribution in [1.82, 2.24) is 0 Å². The molecule has 0 radical (unpaired) electrons. The van der Waals surface area contributed by atoms with Crippen LogP contribution in [-0.2, 0) is 4.79 Å². The molecule has 2 atom stereocenters. The number of nitrogens with two attached hydrogens (primary N) is 1. The second-order valence-corrected chi connectivity index (χ2v) is 5.11. The number of benzene rings is 1. The van der Waals surface area contributed by atoms with Gasteiger partial charge in [-0.1, -0.05) is 12.5 Å². The summed E-state index contributed by atoms with van der Waals surface area (Å²) in [6.07, 6.45) is 3.48. The van der Waals surface area contributed by atoms with E-state index in [0.29, 0.717) is 23.4 Å². The molecule has 0 saturated heterocycles. The Balaban J connectivity index is 2.17. The summed E-state index contributed by atoms with van der Waals surface area (Å²) in [4.78, 5) is 12.3. The van der Waals surface area contributed by atoms with Crippen LogP contribution < -0.4 is 15.8 Å². The molecule has 5 heteroatoms. The topological polar surface area (TPSA) is 88.1 Å². The third-order valence-electron chi connectivity index (χ3n) is 3.70. The van der Waals surface area contributed by atoms with Crippen molar-refractivity contribution in [2.75, 3.05) is 12.4 Å². The molecule has 3 N–H and O–H groups in total. The summed E-state index contributed by atoms with van der Waals surface area (Å²) in [5.74, 6) is 0.328. The van der Waals surface area contributed by atoms with E-state index < -0.39 is 0 Å². The van der Waals surface area contributed by atoms with E-state index in [1.807, 2.05) is 0 Å². The number of anilines is 1. The zero-order valence-electron chi connectivity index (χ0n) is 11.6. The van der Waals surface area contributed by atoms with E-state index in [9.17, 15) is 4.79 Å². The minimum atomic E-state index is -0.0878. The number of hydrogen-bond acceptors (Lipinski definition) is 4. The molecule has 106 valence electrons. The SMILES string of the molecule is COc1cccc(C#N)c1NC(=O)C1CCCC(N)C1. The smallest absolute Gasteiger partial charge is 0.227 e. The number of carbonyl (C=O) groups is 1. The van der Waals surface area contributed by atoms with Gasteiger partial charge in [0.2, 0.25) is 5.91 Å². The normalized spacial score (nSPS) is 21.9. The lowest BCUT2D eigenvalue weighted by Gasteiger charge is -2.26. The number of nitrogens with zero attached hydrogens (tertiary/aromatic N) is 1. The molecule has 1 aromatic carbocycles. The zero-order chi connectivity index (χ0) is 14.5. The highest BCUT2D eigenvalue weighted by molar-refractivity contribution is 5.95. The molecule has 1 fully saturated rings. The van der Waals surface area contributed by atoms with Crippen LogP contribution >= 0.6 is 0 Å². The minimum Gasteiger partial charge on any atom is -0.495 e. The summed E-state index contributed by atoms with van der Waals surface area (Å²) in [6.45, 7) is 0. The van der Waals surface area contributed by atoms with Gasteiger partial charge in [0.25, 0.3) is 0 Å². The Hall–Kier alpha value is -2.06. The van der Waals surface area contributed by atoms with Gasteiger partial charge in [0.1, 0.15) is 17.5 Å². The summed E-state index contributed by atoms with van der Waals surface area (Å²) in [6, 6.07) is 7.27. The first kappa shape index (κ1) is 14.4. The van der Waals surface area contributed by atoms with Crippen LogP contribution in [0.3, 0.4) is 0 Å². The lowest BCUT2D eigenvalue weighted by atomic mass is 9.85. The molecule has 1 amide bonds. The second-order valence-electron chi connectivity index (χ2n) is 5.11. The zero-order valence-corrected chi connectivity index (χ0v) is 11.6. The number of methoxy groups -OCH3 is 1. The molecular formula is C15H19N3O2. The van der Waals surface area contributed by atoms with E-state index in [1.54, 1.807) is 18.2 Å². The number of para-hydroxylation sites is 1. The maximum Gasteiger partial charge on any atom is 0.227 e. The average Bonchev–Trinajstić information content (AvgIpc) is 2.47. The van der Waals surface area contributed by atoms with Gasteiger partial charge in [-0.05, 0) is 31.4 Å². The highest BCUT2D eigenvalue weighted by Crippen LogP contribution is 2.30. The molecule has 1 saturated carbocycles. The number of rotatable bonds is 3. The van der Waals surface area contributed by atoms with Crippen LogP contribution in [0.15, 0.2) is 18.2 Å². The van der Waals surface area contributed by atoms with E-state index in [4.69, 9.17) is 15.7 Å². The van der Waals surface area contributed by atoms with Gasteiger partial charge in [-0.3, -0.25) is 4.79 Å². The average molecular weight is 273 g/mol. The molecule has 0 heterocycles. The monoisotopic (exact) mass is 273 g/mol. The maximum atomic E-state index is 12.3. The van der Waals surface area contributed by atoms with Crippen LogP contribution in [0, 0.1) is 17.2 Å². The van der Waals surface area contributed by atoms with E-state index >= 15 is 0 Å². The predicted octanol–water partition coefficient (Wildman–Crippen LogP) is 2.02. The standard InChI is InChI=1S/C15H19N3O2/c1-20-13-7-3-5-11(9-16)14(13)18-15(19)10-4-2-6-12(17)8-10/h3,5,7,10,12H,2,4,6,8,17H2,1H3,(H,18,19). The molecule has 0 bridgehead atoms. The van der Waals surface area contributed by atoms with Crippen LogP contribution in [0.5, 0.6) is 5.75 Å². The fourth-order valence-corrected chi connectivity index (χ4v) is 2.61. The van der Waals surface area contributed by atoms with Crippen LogP contribution in [0.25, 0.3) is 0 Å². The van der Waals surface area contributed by atoms with Crippen LogP contribution in [0.1, 0.15) is 31.2 Å². The van der Waals surface area contributed by atoms with Crippen molar-refractivity contribution in [3.05, 3.63) is 23.8 Å². The second kappa shape index (κ2) is 6.40. The Bertz CT molecular complexity index is 536. The van der Waals surface area contributed by atoms with Gasteiger partial charge >= 0.3 is 0 Å². The van der Waals surface area contributed by atoms with E-state index in [0.717, 1.165) is 19.3 Å². The van der Waals surface area contributed by atoms with Crippen molar-refractivity contribution in [2.24, 2.45) is 11.7 Å². The van der Waals surface area contributed by atoms with Gasteiger partial charge in [-0.15, -0.1) is 0 Å². The molecule has 0 spiro atoms. The van der Waals surface area contributed by atoms with Gasteiger partial charge in [0.05, 0.1) is 12.7 Å².